The Bertz CT molecular complexity index is 528. The highest BCUT2D eigenvalue weighted by Crippen LogP contribution is 2.20. The molecule has 0 saturated carbocycles. The second kappa shape index (κ2) is 3.57. The molecule has 0 aliphatic carbocycles. The Balaban J connectivity index is 2.74. The predicted molar refractivity (Wildman–Crippen MR) is 57.1 cm³/mol. The van der Waals surface area contributed by atoms with Crippen LogP contribution in [0.1, 0.15) is 20.8 Å². The van der Waals surface area contributed by atoms with E-state index in [-0.39, 0.29) is 5.91 Å². The minimum atomic E-state index is -0.284. The van der Waals surface area contributed by atoms with Gasteiger partial charge in [0.25, 0.3) is 5.91 Å². The Morgan fingerprint density at radius 1 is 1.40 bits per heavy atom. The molecule has 1 aromatic heterocycles. The first-order chi connectivity index (χ1) is 7.27. The number of carbonyl (C=O) groups is 2. The fourth-order valence-corrected chi connectivity index (χ4v) is 1.59. The summed E-state index contributed by atoms with van der Waals surface area (Å²) in [7, 11) is 1.53. The summed E-state index contributed by atoms with van der Waals surface area (Å²) in [6.07, 6.45) is 0.698. The first-order valence-electron chi connectivity index (χ1n) is 4.56. The highest BCUT2D eigenvalue weighted by Gasteiger charge is 2.15. The number of para-hydroxylation sites is 1. The normalized spacial score (nSPS) is 10.2. The second-order valence-corrected chi connectivity index (χ2v) is 3.16. The van der Waals surface area contributed by atoms with Crippen LogP contribution in [0, 0.1) is 0 Å². The lowest BCUT2D eigenvalue weighted by molar-refractivity contribution is 0.0953. The monoisotopic (exact) mass is 202 g/mol. The van der Waals surface area contributed by atoms with Crippen LogP contribution in [0.5, 0.6) is 0 Å². The van der Waals surface area contributed by atoms with Crippen LogP contribution in [0.2, 0.25) is 0 Å². The van der Waals surface area contributed by atoms with Gasteiger partial charge < -0.3 is 10.3 Å². The lowest BCUT2D eigenvalue weighted by atomic mass is 10.1. The Morgan fingerprint density at radius 3 is 2.80 bits per heavy atom. The molecule has 4 heteroatoms. The quantitative estimate of drug-likeness (QED) is 0.722. The summed E-state index contributed by atoms with van der Waals surface area (Å²) in [5.74, 6) is -0.284. The fraction of sp³-hybridized carbons (Fsp3) is 0.0909. The number of nitrogens with one attached hydrogen (secondary N) is 2. The Morgan fingerprint density at radius 2 is 2.13 bits per heavy atom. The molecule has 2 rings (SSSR count). The van der Waals surface area contributed by atoms with E-state index >= 15 is 0 Å². The third-order valence-electron chi connectivity index (χ3n) is 2.32. The number of hydrogen-bond acceptors (Lipinski definition) is 2. The van der Waals surface area contributed by atoms with Crippen LogP contribution in [-0.2, 0) is 0 Å². The lowest BCUT2D eigenvalue weighted by Crippen LogP contribution is -2.19. The van der Waals surface area contributed by atoms with E-state index in [1.807, 2.05) is 24.3 Å². The molecule has 0 aliphatic rings. The number of fused-ring (bicyclic) bond motifs is 1. The smallest absolute Gasteiger partial charge is 0.268 e. The Hall–Kier alpha value is -2.10. The van der Waals surface area contributed by atoms with Crippen LogP contribution in [0.4, 0.5) is 0 Å². The number of aromatic amines is 1. The number of hydrogen-bond donors (Lipinski definition) is 2. The number of carbonyl (C=O) groups excluding carboxylic acids is 2. The number of rotatable bonds is 2. The molecule has 0 saturated heterocycles. The van der Waals surface area contributed by atoms with E-state index in [4.69, 9.17) is 0 Å². The van der Waals surface area contributed by atoms with E-state index in [1.165, 1.54) is 7.05 Å². The molecule has 0 bridgehead atoms. The molecule has 0 radical (unpaired) electrons. The zero-order valence-electron chi connectivity index (χ0n) is 8.20. The standard InChI is InChI=1S/C11H10N2O2/c1-12-11(15)10-8(6-14)7-4-2-3-5-9(7)13-10/h2-6,13H,1H3,(H,12,15). The third kappa shape index (κ3) is 1.40. The Kier molecular flexibility index (Phi) is 2.25. The maximum Gasteiger partial charge on any atom is 0.268 e. The fourth-order valence-electron chi connectivity index (χ4n) is 1.59. The largest absolute Gasteiger partial charge is 0.354 e. The van der Waals surface area contributed by atoms with Crippen molar-refractivity contribution in [3.8, 4) is 0 Å². The predicted octanol–water partition coefficient (Wildman–Crippen LogP) is 1.34. The van der Waals surface area contributed by atoms with Gasteiger partial charge in [-0.25, -0.2) is 0 Å². The van der Waals surface area contributed by atoms with Crippen LogP contribution in [0.25, 0.3) is 10.9 Å². The molecule has 76 valence electrons. The highest BCUT2D eigenvalue weighted by atomic mass is 16.2. The number of aromatic nitrogens is 1. The van der Waals surface area contributed by atoms with Crippen molar-refractivity contribution < 1.29 is 9.59 Å². The van der Waals surface area contributed by atoms with Gasteiger partial charge in [0.15, 0.2) is 6.29 Å². The van der Waals surface area contributed by atoms with E-state index < -0.39 is 0 Å². The van der Waals surface area contributed by atoms with Gasteiger partial charge in [0.05, 0.1) is 5.56 Å². The van der Waals surface area contributed by atoms with Gasteiger partial charge in [0, 0.05) is 18.0 Å². The van der Waals surface area contributed by atoms with Gasteiger partial charge in [-0.15, -0.1) is 0 Å². The topological polar surface area (TPSA) is 62.0 Å². The second-order valence-electron chi connectivity index (χ2n) is 3.16. The molecule has 15 heavy (non-hydrogen) atoms. The van der Waals surface area contributed by atoms with Crippen molar-refractivity contribution in [3.63, 3.8) is 0 Å². The van der Waals surface area contributed by atoms with Crippen LogP contribution in [-0.4, -0.2) is 24.2 Å². The molecule has 1 aromatic carbocycles. The molecular formula is C11H10N2O2. The van der Waals surface area contributed by atoms with Gasteiger partial charge in [-0.3, -0.25) is 9.59 Å². The maximum atomic E-state index is 11.5. The van der Waals surface area contributed by atoms with E-state index in [1.54, 1.807) is 0 Å². The Labute approximate surface area is 86.3 Å². The first-order valence-corrected chi connectivity index (χ1v) is 4.56. The number of aldehydes is 1. The molecular weight excluding hydrogens is 192 g/mol. The van der Waals surface area contributed by atoms with Crippen molar-refractivity contribution in [1.82, 2.24) is 10.3 Å². The maximum absolute atomic E-state index is 11.5. The summed E-state index contributed by atoms with van der Waals surface area (Å²) in [5, 5.41) is 3.26. The molecule has 0 atom stereocenters. The zero-order chi connectivity index (χ0) is 10.8. The van der Waals surface area contributed by atoms with Crippen molar-refractivity contribution >= 4 is 23.1 Å². The van der Waals surface area contributed by atoms with Gasteiger partial charge in [-0.05, 0) is 6.07 Å². The minimum Gasteiger partial charge on any atom is -0.354 e. The molecule has 0 aliphatic heterocycles. The van der Waals surface area contributed by atoms with Gasteiger partial charge in [0.1, 0.15) is 5.69 Å². The third-order valence-corrected chi connectivity index (χ3v) is 2.32. The number of amides is 1. The van der Waals surface area contributed by atoms with Crippen LogP contribution in [0.15, 0.2) is 24.3 Å². The van der Waals surface area contributed by atoms with Crippen molar-refractivity contribution in [2.45, 2.75) is 0 Å². The molecule has 0 unspecified atom stereocenters. The summed E-state index contributed by atoms with van der Waals surface area (Å²) < 4.78 is 0. The summed E-state index contributed by atoms with van der Waals surface area (Å²) in [4.78, 5) is 25.3. The van der Waals surface area contributed by atoms with Crippen LogP contribution in [0.3, 0.4) is 0 Å². The average molecular weight is 202 g/mol. The average Bonchev–Trinajstić information content (AvgIpc) is 2.66. The van der Waals surface area contributed by atoms with Gasteiger partial charge in [-0.2, -0.15) is 0 Å². The molecule has 2 aromatic rings. The molecule has 0 fully saturated rings. The van der Waals surface area contributed by atoms with Crippen molar-refractivity contribution in [2.24, 2.45) is 0 Å². The van der Waals surface area contributed by atoms with Gasteiger partial charge >= 0.3 is 0 Å². The summed E-state index contributed by atoms with van der Waals surface area (Å²) in [5.41, 5.74) is 1.51. The lowest BCUT2D eigenvalue weighted by Gasteiger charge is -1.95. The van der Waals surface area contributed by atoms with Crippen molar-refractivity contribution in [3.05, 3.63) is 35.5 Å². The van der Waals surface area contributed by atoms with Crippen molar-refractivity contribution in [1.29, 1.82) is 0 Å². The molecule has 2 N–H and O–H groups in total. The van der Waals surface area contributed by atoms with E-state index in [0.717, 1.165) is 10.9 Å². The molecule has 0 spiro atoms. The summed E-state index contributed by atoms with van der Waals surface area (Å²) >= 11 is 0. The molecule has 4 nitrogen and oxygen atoms in total. The molecule has 1 amide bonds. The SMILES string of the molecule is CNC(=O)c1[nH]c2ccccc2c1C=O. The highest BCUT2D eigenvalue weighted by molar-refractivity contribution is 6.09. The van der Waals surface area contributed by atoms with Crippen LogP contribution < -0.4 is 5.32 Å². The summed E-state index contributed by atoms with van der Waals surface area (Å²) in [6, 6.07) is 7.31. The van der Waals surface area contributed by atoms with Crippen LogP contribution >= 0.6 is 0 Å². The number of benzene rings is 1. The van der Waals surface area contributed by atoms with E-state index in [9.17, 15) is 9.59 Å². The van der Waals surface area contributed by atoms with Crippen molar-refractivity contribution in [2.75, 3.05) is 7.05 Å². The zero-order valence-corrected chi connectivity index (χ0v) is 8.20. The number of H-pyrrole nitrogens is 1. The molecule has 1 heterocycles. The van der Waals surface area contributed by atoms with E-state index in [0.29, 0.717) is 17.5 Å². The summed E-state index contributed by atoms with van der Waals surface area (Å²) in [6.45, 7) is 0. The minimum absolute atomic E-state index is 0.284. The van der Waals surface area contributed by atoms with E-state index in [2.05, 4.69) is 10.3 Å². The first kappa shape index (κ1) is 9.45. The van der Waals surface area contributed by atoms with Gasteiger partial charge in [0.2, 0.25) is 0 Å². The van der Waals surface area contributed by atoms with Gasteiger partial charge in [-0.1, -0.05) is 18.2 Å².